The van der Waals surface area contributed by atoms with Crippen molar-refractivity contribution in [1.29, 1.82) is 0 Å². The molecule has 0 saturated heterocycles. The van der Waals surface area contributed by atoms with Crippen LogP contribution in [-0.2, 0) is 14.8 Å². The van der Waals surface area contributed by atoms with Crippen LogP contribution in [0.25, 0.3) is 0 Å². The molecule has 0 aromatic heterocycles. The number of benzene rings is 1. The molecule has 0 bridgehead atoms. The molecular formula is C12H17ClN2O3S. The fourth-order valence-corrected chi connectivity index (χ4v) is 3.09. The normalized spacial score (nSPS) is 13.3. The minimum atomic E-state index is -3.98. The number of carbonyl (C=O) groups excluding carboxylic acids is 1. The van der Waals surface area contributed by atoms with Crippen molar-refractivity contribution in [1.82, 2.24) is 4.72 Å². The van der Waals surface area contributed by atoms with Gasteiger partial charge in [-0.3, -0.25) is 4.79 Å². The minimum Gasteiger partial charge on any atom is -0.320 e. The summed E-state index contributed by atoms with van der Waals surface area (Å²) < 4.78 is 25.9. The summed E-state index contributed by atoms with van der Waals surface area (Å²) in [5.74, 6) is -0.530. The third-order valence-corrected chi connectivity index (χ3v) is 4.27. The highest BCUT2D eigenvalue weighted by molar-refractivity contribution is 7.90. The highest BCUT2D eigenvalue weighted by Gasteiger charge is 2.24. The van der Waals surface area contributed by atoms with Crippen LogP contribution in [0, 0.1) is 5.92 Å². The average molecular weight is 305 g/mol. The number of nitrogens with one attached hydrogen (secondary N) is 1. The van der Waals surface area contributed by atoms with Gasteiger partial charge >= 0.3 is 0 Å². The van der Waals surface area contributed by atoms with Crippen molar-refractivity contribution < 1.29 is 13.2 Å². The van der Waals surface area contributed by atoms with Gasteiger partial charge in [0.25, 0.3) is 15.9 Å². The Balaban J connectivity index is 2.87. The molecule has 1 rings (SSSR count). The molecule has 3 N–H and O–H groups in total. The van der Waals surface area contributed by atoms with Gasteiger partial charge in [-0.2, -0.15) is 0 Å². The Labute approximate surface area is 118 Å². The van der Waals surface area contributed by atoms with Crippen LogP contribution in [0.15, 0.2) is 29.2 Å². The van der Waals surface area contributed by atoms with E-state index in [1.54, 1.807) is 6.07 Å². The van der Waals surface area contributed by atoms with Crippen LogP contribution in [-0.4, -0.2) is 20.4 Å². The molecule has 106 valence electrons. The predicted molar refractivity (Wildman–Crippen MR) is 74.2 cm³/mol. The summed E-state index contributed by atoms with van der Waals surface area (Å²) in [6, 6.07) is 5.03. The van der Waals surface area contributed by atoms with Crippen LogP contribution in [0.3, 0.4) is 0 Å². The van der Waals surface area contributed by atoms with Gasteiger partial charge in [-0.15, -0.1) is 0 Å². The first-order chi connectivity index (χ1) is 8.74. The molecule has 1 amide bonds. The monoisotopic (exact) mass is 304 g/mol. The molecule has 0 fully saturated rings. The number of hydrogen-bond donors (Lipinski definition) is 2. The standard InChI is InChI=1S/C12H17ClN2O3S/c1-8(2)7-10(14)12(16)15-19(17,18)11-6-4-3-5-9(11)13/h3-6,8,10H,7,14H2,1-2H3,(H,15,16)/t10-/m0/s1. The molecule has 19 heavy (non-hydrogen) atoms. The molecule has 1 atom stereocenters. The lowest BCUT2D eigenvalue weighted by Gasteiger charge is -2.14. The average Bonchev–Trinajstić information content (AvgIpc) is 2.27. The summed E-state index contributed by atoms with van der Waals surface area (Å²) in [6.07, 6.45) is 0.407. The smallest absolute Gasteiger partial charge is 0.265 e. The molecule has 0 aliphatic carbocycles. The SMILES string of the molecule is CC(C)C[C@H](N)C(=O)NS(=O)(=O)c1ccccc1Cl. The van der Waals surface area contributed by atoms with Gasteiger partial charge in [0, 0.05) is 0 Å². The lowest BCUT2D eigenvalue weighted by molar-refractivity contribution is -0.120. The van der Waals surface area contributed by atoms with Gasteiger partial charge in [0.2, 0.25) is 0 Å². The molecule has 0 spiro atoms. The Hall–Kier alpha value is -1.11. The van der Waals surface area contributed by atoms with Crippen molar-refractivity contribution in [2.24, 2.45) is 11.7 Å². The number of sulfonamides is 1. The number of nitrogens with two attached hydrogens (primary N) is 1. The first kappa shape index (κ1) is 15.9. The van der Waals surface area contributed by atoms with Gasteiger partial charge < -0.3 is 5.73 Å². The van der Waals surface area contributed by atoms with E-state index in [0.717, 1.165) is 0 Å². The highest BCUT2D eigenvalue weighted by atomic mass is 35.5. The van der Waals surface area contributed by atoms with Crippen molar-refractivity contribution >= 4 is 27.5 Å². The zero-order valence-electron chi connectivity index (χ0n) is 10.8. The highest BCUT2D eigenvalue weighted by Crippen LogP contribution is 2.20. The van der Waals surface area contributed by atoms with Crippen LogP contribution < -0.4 is 10.5 Å². The molecule has 5 nitrogen and oxygen atoms in total. The molecule has 0 aliphatic heterocycles. The largest absolute Gasteiger partial charge is 0.320 e. The Morgan fingerprint density at radius 3 is 2.47 bits per heavy atom. The van der Waals surface area contributed by atoms with Gasteiger partial charge in [0.15, 0.2) is 0 Å². The zero-order valence-corrected chi connectivity index (χ0v) is 12.3. The first-order valence-electron chi connectivity index (χ1n) is 5.81. The minimum absolute atomic E-state index is 0.0558. The maximum absolute atomic E-state index is 12.0. The van der Waals surface area contributed by atoms with Gasteiger partial charge in [0.1, 0.15) is 4.90 Å². The van der Waals surface area contributed by atoms with E-state index in [-0.39, 0.29) is 15.8 Å². The van der Waals surface area contributed by atoms with Crippen LogP contribution in [0.1, 0.15) is 20.3 Å². The number of carbonyl (C=O) groups is 1. The Morgan fingerprint density at radius 2 is 1.95 bits per heavy atom. The Bertz CT molecular complexity index is 558. The number of amides is 1. The number of halogens is 1. The lowest BCUT2D eigenvalue weighted by Crippen LogP contribution is -2.44. The van der Waals surface area contributed by atoms with Gasteiger partial charge in [-0.1, -0.05) is 37.6 Å². The van der Waals surface area contributed by atoms with Crippen molar-refractivity contribution in [3.63, 3.8) is 0 Å². The molecule has 0 heterocycles. The van der Waals surface area contributed by atoms with Gasteiger partial charge in [0.05, 0.1) is 11.1 Å². The van der Waals surface area contributed by atoms with Crippen molar-refractivity contribution in [2.75, 3.05) is 0 Å². The third kappa shape index (κ3) is 4.49. The summed E-state index contributed by atoms with van der Waals surface area (Å²) in [4.78, 5) is 11.6. The second kappa shape index (κ2) is 6.36. The van der Waals surface area contributed by atoms with Crippen LogP contribution >= 0.6 is 11.6 Å². The van der Waals surface area contributed by atoms with Crippen molar-refractivity contribution in [3.05, 3.63) is 29.3 Å². The summed E-state index contributed by atoms with van der Waals surface area (Å²) >= 11 is 5.79. The molecule has 1 aromatic carbocycles. The molecular weight excluding hydrogens is 288 g/mol. The van der Waals surface area contributed by atoms with E-state index in [0.29, 0.717) is 6.42 Å². The molecule has 0 unspecified atom stereocenters. The fourth-order valence-electron chi connectivity index (χ4n) is 1.54. The van der Waals surface area contributed by atoms with E-state index in [1.165, 1.54) is 18.2 Å². The molecule has 0 aliphatic rings. The van der Waals surface area contributed by atoms with Gasteiger partial charge in [-0.25, -0.2) is 13.1 Å². The van der Waals surface area contributed by atoms with Crippen LogP contribution in [0.4, 0.5) is 0 Å². The topological polar surface area (TPSA) is 89.3 Å². The van der Waals surface area contributed by atoms with E-state index < -0.39 is 22.0 Å². The van der Waals surface area contributed by atoms with E-state index in [4.69, 9.17) is 17.3 Å². The van der Waals surface area contributed by atoms with Crippen molar-refractivity contribution in [3.8, 4) is 0 Å². The van der Waals surface area contributed by atoms with E-state index >= 15 is 0 Å². The van der Waals surface area contributed by atoms with Crippen LogP contribution in [0.5, 0.6) is 0 Å². The van der Waals surface area contributed by atoms with E-state index in [1.807, 2.05) is 18.6 Å². The molecule has 1 aromatic rings. The van der Waals surface area contributed by atoms with Crippen molar-refractivity contribution in [2.45, 2.75) is 31.2 Å². The zero-order chi connectivity index (χ0) is 14.6. The summed E-state index contributed by atoms with van der Waals surface area (Å²) in [5.41, 5.74) is 5.63. The maximum Gasteiger partial charge on any atom is 0.265 e. The van der Waals surface area contributed by atoms with Crippen LogP contribution in [0.2, 0.25) is 5.02 Å². The van der Waals surface area contributed by atoms with Gasteiger partial charge in [-0.05, 0) is 24.5 Å². The molecule has 0 saturated carbocycles. The summed E-state index contributed by atoms with van der Waals surface area (Å²) in [5, 5.41) is 0.0558. The van der Waals surface area contributed by atoms with E-state index in [9.17, 15) is 13.2 Å². The van der Waals surface area contributed by atoms with E-state index in [2.05, 4.69) is 0 Å². The summed E-state index contributed by atoms with van der Waals surface area (Å²) in [6.45, 7) is 3.80. The summed E-state index contributed by atoms with van der Waals surface area (Å²) in [7, 11) is -3.98. The number of hydrogen-bond acceptors (Lipinski definition) is 4. The quantitative estimate of drug-likeness (QED) is 0.863. The maximum atomic E-state index is 12.0. The second-order valence-electron chi connectivity index (χ2n) is 4.64. The predicted octanol–water partition coefficient (Wildman–Crippen LogP) is 1.52. The fraction of sp³-hybridized carbons (Fsp3) is 0.417. The number of rotatable bonds is 5. The molecule has 0 radical (unpaired) electrons. The third-order valence-electron chi connectivity index (χ3n) is 2.42. The first-order valence-corrected chi connectivity index (χ1v) is 7.67. The lowest BCUT2D eigenvalue weighted by atomic mass is 10.0. The second-order valence-corrected chi connectivity index (χ2v) is 6.69. The Kier molecular flexibility index (Phi) is 5.34. The Morgan fingerprint density at radius 1 is 1.37 bits per heavy atom. The molecule has 7 heteroatoms.